The maximum absolute atomic E-state index is 13.0. The number of fused-ring (bicyclic) bond motifs is 1. The molecule has 31 heavy (non-hydrogen) atoms. The summed E-state index contributed by atoms with van der Waals surface area (Å²) in [7, 11) is 0. The van der Waals surface area contributed by atoms with Crippen LogP contribution in [-0.4, -0.2) is 35.9 Å². The molecule has 2 atom stereocenters. The first-order valence-corrected chi connectivity index (χ1v) is 11.2. The number of ether oxygens (including phenoxy) is 1. The Labute approximate surface area is 190 Å². The van der Waals surface area contributed by atoms with Crippen LogP contribution in [0, 0.1) is 5.92 Å². The quantitative estimate of drug-likeness (QED) is 0.570. The SMILES string of the molecule is NC(=O)C[C@H]1CN(C(=O)Cc2ccc3ccccc3c2)CC[C@@H]1Oc1cccc(Br)c1. The van der Waals surface area contributed by atoms with Gasteiger partial charge in [0.05, 0.1) is 6.42 Å². The summed E-state index contributed by atoms with van der Waals surface area (Å²) in [5, 5.41) is 2.28. The minimum absolute atomic E-state index is 0.0608. The van der Waals surface area contributed by atoms with Crippen LogP contribution in [0.25, 0.3) is 10.8 Å². The molecule has 0 unspecified atom stereocenters. The molecule has 0 aromatic heterocycles. The number of piperidine rings is 1. The lowest BCUT2D eigenvalue weighted by Gasteiger charge is -2.38. The monoisotopic (exact) mass is 480 g/mol. The van der Waals surface area contributed by atoms with Crippen molar-refractivity contribution in [3.63, 3.8) is 0 Å². The Kier molecular flexibility index (Phi) is 6.56. The Morgan fingerprint density at radius 3 is 2.61 bits per heavy atom. The molecule has 6 heteroatoms. The minimum Gasteiger partial charge on any atom is -0.490 e. The van der Waals surface area contributed by atoms with E-state index in [0.717, 1.165) is 26.6 Å². The fourth-order valence-electron chi connectivity index (χ4n) is 4.20. The van der Waals surface area contributed by atoms with Gasteiger partial charge in [-0.3, -0.25) is 9.59 Å². The Morgan fingerprint density at radius 1 is 1.03 bits per heavy atom. The fourth-order valence-corrected chi connectivity index (χ4v) is 4.58. The number of amides is 2. The van der Waals surface area contributed by atoms with Crippen LogP contribution in [0.1, 0.15) is 18.4 Å². The highest BCUT2D eigenvalue weighted by Crippen LogP contribution is 2.28. The van der Waals surface area contributed by atoms with Crippen molar-refractivity contribution in [2.45, 2.75) is 25.4 Å². The van der Waals surface area contributed by atoms with Gasteiger partial charge in [-0.1, -0.05) is 64.5 Å². The standard InChI is InChI=1S/C25H25BrN2O3/c26-21-6-3-7-22(15-21)31-23-10-11-28(16-20(23)14-24(27)29)25(30)13-17-8-9-18-4-1-2-5-19(18)12-17/h1-9,12,15,20,23H,10-11,13-14,16H2,(H2,27,29)/t20-,23-/m0/s1. The van der Waals surface area contributed by atoms with E-state index in [1.807, 2.05) is 53.4 Å². The third-order valence-corrected chi connectivity index (χ3v) is 6.23. The Hall–Kier alpha value is -2.86. The number of carbonyl (C=O) groups excluding carboxylic acids is 2. The number of nitrogens with two attached hydrogens (primary N) is 1. The molecule has 5 nitrogen and oxygen atoms in total. The van der Waals surface area contributed by atoms with Gasteiger partial charge in [-0.05, 0) is 34.5 Å². The Morgan fingerprint density at radius 2 is 1.84 bits per heavy atom. The van der Waals surface area contributed by atoms with Crippen molar-refractivity contribution >= 4 is 38.5 Å². The number of halogens is 1. The average molecular weight is 481 g/mol. The zero-order valence-electron chi connectivity index (χ0n) is 17.2. The van der Waals surface area contributed by atoms with Gasteiger partial charge in [-0.25, -0.2) is 0 Å². The molecule has 0 radical (unpaired) electrons. The molecule has 0 spiro atoms. The smallest absolute Gasteiger partial charge is 0.227 e. The van der Waals surface area contributed by atoms with Gasteiger partial charge < -0.3 is 15.4 Å². The number of carbonyl (C=O) groups is 2. The van der Waals surface area contributed by atoms with E-state index in [4.69, 9.17) is 10.5 Å². The van der Waals surface area contributed by atoms with E-state index in [0.29, 0.717) is 25.9 Å². The van der Waals surface area contributed by atoms with Crippen molar-refractivity contribution in [2.24, 2.45) is 11.7 Å². The van der Waals surface area contributed by atoms with Gasteiger partial charge in [0, 0.05) is 36.3 Å². The van der Waals surface area contributed by atoms with Gasteiger partial charge in [0.1, 0.15) is 11.9 Å². The molecule has 4 rings (SSSR count). The second kappa shape index (κ2) is 9.52. The number of primary amides is 1. The maximum Gasteiger partial charge on any atom is 0.227 e. The highest BCUT2D eigenvalue weighted by molar-refractivity contribution is 9.10. The minimum atomic E-state index is -0.378. The number of hydrogen-bond donors (Lipinski definition) is 1. The van der Waals surface area contributed by atoms with Crippen LogP contribution in [0.5, 0.6) is 5.75 Å². The molecule has 0 saturated carbocycles. The molecule has 1 aliphatic rings. The summed E-state index contributed by atoms with van der Waals surface area (Å²) < 4.78 is 7.10. The maximum atomic E-state index is 13.0. The summed E-state index contributed by atoms with van der Waals surface area (Å²) in [5.41, 5.74) is 6.48. The van der Waals surface area contributed by atoms with Crippen molar-refractivity contribution in [1.29, 1.82) is 0 Å². The third kappa shape index (κ3) is 5.44. The number of likely N-dealkylation sites (tertiary alicyclic amines) is 1. The van der Waals surface area contributed by atoms with Crippen molar-refractivity contribution in [3.8, 4) is 5.75 Å². The Bertz CT molecular complexity index is 1100. The van der Waals surface area contributed by atoms with E-state index in [9.17, 15) is 9.59 Å². The molecule has 3 aromatic rings. The second-order valence-electron chi connectivity index (χ2n) is 8.03. The van der Waals surface area contributed by atoms with Crippen LogP contribution in [0.2, 0.25) is 0 Å². The van der Waals surface area contributed by atoms with E-state index in [1.54, 1.807) is 0 Å². The molecule has 160 valence electrons. The van der Waals surface area contributed by atoms with Crippen molar-refractivity contribution < 1.29 is 14.3 Å². The highest BCUT2D eigenvalue weighted by Gasteiger charge is 2.34. The van der Waals surface area contributed by atoms with Crippen LogP contribution in [0.4, 0.5) is 0 Å². The van der Waals surface area contributed by atoms with Crippen molar-refractivity contribution in [1.82, 2.24) is 4.90 Å². The topological polar surface area (TPSA) is 72.6 Å². The van der Waals surface area contributed by atoms with Gasteiger partial charge in [0.15, 0.2) is 0 Å². The summed E-state index contributed by atoms with van der Waals surface area (Å²) in [5.74, 6) is 0.290. The van der Waals surface area contributed by atoms with Gasteiger partial charge in [-0.2, -0.15) is 0 Å². The van der Waals surface area contributed by atoms with E-state index < -0.39 is 0 Å². The molecule has 1 fully saturated rings. The van der Waals surface area contributed by atoms with Crippen LogP contribution >= 0.6 is 15.9 Å². The molecule has 0 aliphatic carbocycles. The first-order chi connectivity index (χ1) is 15.0. The van der Waals surface area contributed by atoms with Crippen LogP contribution in [-0.2, 0) is 16.0 Å². The molecule has 1 aliphatic heterocycles. The molecule has 1 saturated heterocycles. The largest absolute Gasteiger partial charge is 0.490 e. The van der Waals surface area contributed by atoms with Crippen LogP contribution < -0.4 is 10.5 Å². The first-order valence-electron chi connectivity index (χ1n) is 10.4. The normalized spacial score (nSPS) is 18.7. The lowest BCUT2D eigenvalue weighted by molar-refractivity contribution is -0.135. The summed E-state index contributed by atoms with van der Waals surface area (Å²) in [6, 6.07) is 21.9. The second-order valence-corrected chi connectivity index (χ2v) is 8.95. The molecule has 0 bridgehead atoms. The number of benzene rings is 3. The lowest BCUT2D eigenvalue weighted by Crippen LogP contribution is -2.49. The van der Waals surface area contributed by atoms with Gasteiger partial charge in [-0.15, -0.1) is 0 Å². The summed E-state index contributed by atoms with van der Waals surface area (Å²) in [4.78, 5) is 26.5. The number of rotatable bonds is 6. The first kappa shape index (κ1) is 21.4. The zero-order valence-corrected chi connectivity index (χ0v) is 18.8. The average Bonchev–Trinajstić information content (AvgIpc) is 2.74. The molecule has 2 amide bonds. The van der Waals surface area contributed by atoms with Gasteiger partial charge >= 0.3 is 0 Å². The molecule has 2 N–H and O–H groups in total. The van der Waals surface area contributed by atoms with E-state index in [2.05, 4.69) is 34.1 Å². The number of nitrogens with zero attached hydrogens (tertiary/aromatic N) is 1. The fraction of sp³-hybridized carbons (Fsp3) is 0.280. The van der Waals surface area contributed by atoms with Crippen molar-refractivity contribution in [3.05, 3.63) is 76.8 Å². The number of hydrogen-bond acceptors (Lipinski definition) is 3. The predicted molar refractivity (Wildman–Crippen MR) is 125 cm³/mol. The van der Waals surface area contributed by atoms with Crippen molar-refractivity contribution in [2.75, 3.05) is 13.1 Å². The van der Waals surface area contributed by atoms with E-state index >= 15 is 0 Å². The summed E-state index contributed by atoms with van der Waals surface area (Å²) in [6.45, 7) is 1.06. The van der Waals surface area contributed by atoms with E-state index in [-0.39, 0.29) is 30.3 Å². The predicted octanol–water partition coefficient (Wildman–Crippen LogP) is 4.32. The third-order valence-electron chi connectivity index (χ3n) is 5.73. The Balaban J connectivity index is 1.44. The highest BCUT2D eigenvalue weighted by atomic mass is 79.9. The molecule has 3 aromatic carbocycles. The molecule has 1 heterocycles. The summed E-state index contributed by atoms with van der Waals surface area (Å²) in [6.07, 6.45) is 1.03. The van der Waals surface area contributed by atoms with Crippen LogP contribution in [0.15, 0.2) is 71.2 Å². The van der Waals surface area contributed by atoms with Crippen LogP contribution in [0.3, 0.4) is 0 Å². The lowest BCUT2D eigenvalue weighted by atomic mass is 9.90. The summed E-state index contributed by atoms with van der Waals surface area (Å²) >= 11 is 3.45. The van der Waals surface area contributed by atoms with Gasteiger partial charge in [0.2, 0.25) is 11.8 Å². The molecular weight excluding hydrogens is 456 g/mol. The van der Waals surface area contributed by atoms with Gasteiger partial charge in [0.25, 0.3) is 0 Å². The van der Waals surface area contributed by atoms with E-state index in [1.165, 1.54) is 0 Å². The zero-order chi connectivity index (χ0) is 21.8. The molecular formula is C25H25BrN2O3.